The minimum atomic E-state index is -4.11. The van der Waals surface area contributed by atoms with E-state index >= 15 is 0 Å². The molecule has 41 heavy (non-hydrogen) atoms. The molecule has 0 radical (unpaired) electrons. The summed E-state index contributed by atoms with van der Waals surface area (Å²) in [6, 6.07) is 18.7. The van der Waals surface area contributed by atoms with E-state index in [-0.39, 0.29) is 42.6 Å². The van der Waals surface area contributed by atoms with Crippen LogP contribution >= 0.6 is 0 Å². The molecule has 2 atom stereocenters. The molecular weight excluding hydrogens is 546 g/mol. The average Bonchev–Trinajstić information content (AvgIpc) is 2.92. The van der Waals surface area contributed by atoms with Gasteiger partial charge in [-0.25, -0.2) is 8.42 Å². The summed E-state index contributed by atoms with van der Waals surface area (Å²) >= 11 is 0. The summed E-state index contributed by atoms with van der Waals surface area (Å²) in [7, 11) is -4.11. The first-order valence-corrected chi connectivity index (χ1v) is 14.8. The number of carbonyl (C=O) groups excluding carboxylic acids is 1. The summed E-state index contributed by atoms with van der Waals surface area (Å²) in [5.41, 5.74) is 2.40. The molecule has 0 fully saturated rings. The van der Waals surface area contributed by atoms with Gasteiger partial charge in [0.25, 0.3) is 11.6 Å². The lowest BCUT2D eigenvalue weighted by atomic mass is 10.0. The van der Waals surface area contributed by atoms with Gasteiger partial charge in [-0.15, -0.1) is 0 Å². The number of sulfonamides is 1. The molecule has 220 valence electrons. The van der Waals surface area contributed by atoms with Crippen molar-refractivity contribution in [1.29, 1.82) is 0 Å². The van der Waals surface area contributed by atoms with E-state index in [1.165, 1.54) is 12.1 Å². The summed E-state index contributed by atoms with van der Waals surface area (Å²) in [5, 5.41) is 25.2. The predicted molar refractivity (Wildman–Crippen MR) is 156 cm³/mol. The summed E-state index contributed by atoms with van der Waals surface area (Å²) < 4.78 is 34.0. The molecule has 0 aromatic heterocycles. The first-order chi connectivity index (χ1) is 19.4. The van der Waals surface area contributed by atoms with Gasteiger partial charge in [0.1, 0.15) is 5.75 Å². The fourth-order valence-electron chi connectivity index (χ4n) is 4.47. The fourth-order valence-corrected chi connectivity index (χ4v) is 6.09. The van der Waals surface area contributed by atoms with Crippen molar-refractivity contribution >= 4 is 21.6 Å². The summed E-state index contributed by atoms with van der Waals surface area (Å²) in [6.07, 6.45) is -1.02. The number of aryl methyl sites for hydroxylation is 2. The number of aliphatic hydroxyl groups excluding tert-OH is 1. The summed E-state index contributed by atoms with van der Waals surface area (Å²) in [5.74, 6) is 0.0734. The van der Waals surface area contributed by atoms with Crippen molar-refractivity contribution < 1.29 is 28.0 Å². The number of amides is 1. The Morgan fingerprint density at radius 1 is 0.976 bits per heavy atom. The highest BCUT2D eigenvalue weighted by Crippen LogP contribution is 2.23. The number of nitrogens with zero attached hydrogens (tertiary/aromatic N) is 2. The van der Waals surface area contributed by atoms with Gasteiger partial charge in [0.15, 0.2) is 6.61 Å². The number of benzene rings is 3. The molecule has 0 unspecified atom stereocenters. The SMILES string of the molecule is Cc1cccc(C)c1OCC(=O)N[C@@H](Cc1ccccc1)[C@H](O)CN(CC(C)C)S(=O)(=O)c1ccc([N+](=O)[O-])cc1. The van der Waals surface area contributed by atoms with Crippen molar-refractivity contribution in [3.05, 3.63) is 99.6 Å². The lowest BCUT2D eigenvalue weighted by molar-refractivity contribution is -0.384. The van der Waals surface area contributed by atoms with Gasteiger partial charge in [-0.3, -0.25) is 14.9 Å². The maximum Gasteiger partial charge on any atom is 0.269 e. The normalized spacial score (nSPS) is 13.1. The Balaban J connectivity index is 1.82. The van der Waals surface area contributed by atoms with Crippen LogP contribution in [0.4, 0.5) is 5.69 Å². The van der Waals surface area contributed by atoms with Crippen molar-refractivity contribution in [3.63, 3.8) is 0 Å². The van der Waals surface area contributed by atoms with E-state index in [1.54, 1.807) is 0 Å². The van der Waals surface area contributed by atoms with Gasteiger partial charge in [0.05, 0.1) is 22.0 Å². The quantitative estimate of drug-likeness (QED) is 0.216. The maximum absolute atomic E-state index is 13.5. The van der Waals surface area contributed by atoms with Crippen LogP contribution in [0.3, 0.4) is 0 Å². The Kier molecular flexibility index (Phi) is 11.0. The van der Waals surface area contributed by atoms with Gasteiger partial charge in [-0.05, 0) is 55.0 Å². The van der Waals surface area contributed by atoms with E-state index in [2.05, 4.69) is 5.32 Å². The lowest BCUT2D eigenvalue weighted by Crippen LogP contribution is -2.52. The fraction of sp³-hybridized carbons (Fsp3) is 0.367. The van der Waals surface area contributed by atoms with Crippen LogP contribution in [0.5, 0.6) is 5.75 Å². The number of nitrogens with one attached hydrogen (secondary N) is 1. The van der Waals surface area contributed by atoms with Crippen LogP contribution < -0.4 is 10.1 Å². The Bertz CT molecular complexity index is 1410. The molecule has 3 rings (SSSR count). The zero-order chi connectivity index (χ0) is 30.2. The molecule has 0 heterocycles. The number of hydrogen-bond acceptors (Lipinski definition) is 7. The molecule has 0 saturated carbocycles. The zero-order valence-corrected chi connectivity index (χ0v) is 24.5. The number of aliphatic hydroxyl groups is 1. The molecule has 2 N–H and O–H groups in total. The first-order valence-electron chi connectivity index (χ1n) is 13.3. The van der Waals surface area contributed by atoms with E-state index in [0.717, 1.165) is 33.1 Å². The van der Waals surface area contributed by atoms with E-state index in [1.807, 2.05) is 76.2 Å². The molecule has 0 aliphatic rings. The summed E-state index contributed by atoms with van der Waals surface area (Å²) in [6.45, 7) is 6.98. The standard InChI is InChI=1S/C30H37N3O7S/c1-21(2)18-32(41(38,39)26-15-13-25(14-16-26)33(36)37)19-28(34)27(17-24-11-6-5-7-12-24)31-29(35)20-40-30-22(3)9-8-10-23(30)4/h5-16,21,27-28,34H,17-20H2,1-4H3,(H,31,35)/t27-,28+/m0/s1. The number of hydrogen-bond donors (Lipinski definition) is 2. The third kappa shape index (κ3) is 8.84. The van der Waals surface area contributed by atoms with E-state index < -0.39 is 33.0 Å². The van der Waals surface area contributed by atoms with Gasteiger partial charge < -0.3 is 15.2 Å². The molecule has 0 spiro atoms. The van der Waals surface area contributed by atoms with Crippen molar-refractivity contribution in [2.24, 2.45) is 5.92 Å². The molecule has 3 aromatic carbocycles. The molecule has 0 aliphatic carbocycles. The average molecular weight is 584 g/mol. The number of nitro benzene ring substituents is 1. The van der Waals surface area contributed by atoms with Crippen molar-refractivity contribution in [2.45, 2.75) is 51.2 Å². The van der Waals surface area contributed by atoms with Crippen LogP contribution in [-0.4, -0.2) is 60.5 Å². The molecule has 1 amide bonds. The highest BCUT2D eigenvalue weighted by molar-refractivity contribution is 7.89. The second-order valence-electron chi connectivity index (χ2n) is 10.4. The predicted octanol–water partition coefficient (Wildman–Crippen LogP) is 4.03. The number of para-hydroxylation sites is 1. The van der Waals surface area contributed by atoms with E-state index in [0.29, 0.717) is 5.75 Å². The van der Waals surface area contributed by atoms with Gasteiger partial charge >= 0.3 is 0 Å². The number of nitro groups is 1. The second kappa shape index (κ2) is 14.2. The maximum atomic E-state index is 13.5. The van der Waals surface area contributed by atoms with Gasteiger partial charge in [-0.2, -0.15) is 4.31 Å². The Hall–Kier alpha value is -3.80. The summed E-state index contributed by atoms with van der Waals surface area (Å²) in [4.78, 5) is 23.3. The number of non-ortho nitro benzene ring substituents is 1. The van der Waals surface area contributed by atoms with Crippen LogP contribution in [0, 0.1) is 29.9 Å². The van der Waals surface area contributed by atoms with Crippen LogP contribution in [0.1, 0.15) is 30.5 Å². The number of rotatable bonds is 14. The topological polar surface area (TPSA) is 139 Å². The molecule has 11 heteroatoms. The lowest BCUT2D eigenvalue weighted by Gasteiger charge is -2.30. The molecular formula is C30H37N3O7S. The van der Waals surface area contributed by atoms with Crippen LogP contribution in [-0.2, 0) is 21.2 Å². The molecule has 0 saturated heterocycles. The Labute approximate surface area is 241 Å². The Morgan fingerprint density at radius 3 is 2.15 bits per heavy atom. The number of ether oxygens (including phenoxy) is 1. The third-order valence-electron chi connectivity index (χ3n) is 6.51. The van der Waals surface area contributed by atoms with E-state index in [4.69, 9.17) is 4.74 Å². The molecule has 0 aliphatic heterocycles. The van der Waals surface area contributed by atoms with Crippen molar-refractivity contribution in [3.8, 4) is 5.75 Å². The first kappa shape index (κ1) is 31.7. The van der Waals surface area contributed by atoms with Crippen LogP contribution in [0.2, 0.25) is 0 Å². The highest BCUT2D eigenvalue weighted by atomic mass is 32.2. The monoisotopic (exact) mass is 583 g/mol. The largest absolute Gasteiger partial charge is 0.483 e. The van der Waals surface area contributed by atoms with E-state index in [9.17, 15) is 28.4 Å². The van der Waals surface area contributed by atoms with Crippen molar-refractivity contribution in [2.75, 3.05) is 19.7 Å². The minimum absolute atomic E-state index is 0.0806. The molecule has 3 aromatic rings. The molecule has 10 nitrogen and oxygen atoms in total. The smallest absolute Gasteiger partial charge is 0.269 e. The van der Waals surface area contributed by atoms with Crippen LogP contribution in [0.25, 0.3) is 0 Å². The second-order valence-corrected chi connectivity index (χ2v) is 12.3. The molecule has 0 bridgehead atoms. The van der Waals surface area contributed by atoms with Gasteiger partial charge in [-0.1, -0.05) is 62.4 Å². The zero-order valence-electron chi connectivity index (χ0n) is 23.7. The highest BCUT2D eigenvalue weighted by Gasteiger charge is 2.31. The third-order valence-corrected chi connectivity index (χ3v) is 8.36. The van der Waals surface area contributed by atoms with Gasteiger partial charge in [0.2, 0.25) is 10.0 Å². The van der Waals surface area contributed by atoms with Gasteiger partial charge in [0, 0.05) is 25.2 Å². The number of carbonyl (C=O) groups is 1. The van der Waals surface area contributed by atoms with Crippen molar-refractivity contribution in [1.82, 2.24) is 9.62 Å². The van der Waals surface area contributed by atoms with Crippen LogP contribution in [0.15, 0.2) is 77.7 Å². The minimum Gasteiger partial charge on any atom is -0.483 e. The Morgan fingerprint density at radius 2 is 1.59 bits per heavy atom.